The number of carbonyl (C=O) groups is 1. The summed E-state index contributed by atoms with van der Waals surface area (Å²) in [6.07, 6.45) is 0. The minimum Gasteiger partial charge on any atom is -0.511 e. The molecule has 0 saturated carbocycles. The highest BCUT2D eigenvalue weighted by molar-refractivity contribution is 6.07. The first-order chi connectivity index (χ1) is 15.8. The predicted molar refractivity (Wildman–Crippen MR) is 119 cm³/mol. The van der Waals surface area contributed by atoms with E-state index in [4.69, 9.17) is 14.7 Å². The highest BCUT2D eigenvalue weighted by Gasteiger charge is 2.19. The molecule has 0 fully saturated rings. The number of nitrogens with zero attached hydrogens (tertiary/aromatic N) is 1. The highest BCUT2D eigenvalue weighted by Crippen LogP contribution is 2.36. The van der Waals surface area contributed by atoms with E-state index in [9.17, 15) is 18.7 Å². The Bertz CT molecular complexity index is 1260. The number of nitriles is 1. The third-order valence-electron chi connectivity index (χ3n) is 4.74. The lowest BCUT2D eigenvalue weighted by molar-refractivity contribution is -0.112. The maximum Gasteiger partial charge on any atom is 0.269 e. The van der Waals surface area contributed by atoms with Crippen LogP contribution >= 0.6 is 0 Å². The van der Waals surface area contributed by atoms with Gasteiger partial charge in [-0.25, -0.2) is 8.78 Å². The first-order valence-electron chi connectivity index (χ1n) is 9.79. The van der Waals surface area contributed by atoms with Gasteiger partial charge in [0.25, 0.3) is 5.91 Å². The lowest BCUT2D eigenvalue weighted by atomic mass is 10.0. The monoisotopic (exact) mass is 450 g/mol. The molecule has 0 heterocycles. The number of methoxy groups -OCH3 is 1. The van der Waals surface area contributed by atoms with Gasteiger partial charge in [0, 0.05) is 17.2 Å². The summed E-state index contributed by atoms with van der Waals surface area (Å²) in [7, 11) is 1.50. The molecule has 8 heteroatoms. The molecule has 6 nitrogen and oxygen atoms in total. The fourth-order valence-corrected chi connectivity index (χ4v) is 3.04. The fourth-order valence-electron chi connectivity index (χ4n) is 3.04. The van der Waals surface area contributed by atoms with Crippen LogP contribution in [-0.4, -0.2) is 18.1 Å². The molecule has 1 amide bonds. The summed E-state index contributed by atoms with van der Waals surface area (Å²) in [4.78, 5) is 12.3. The second kappa shape index (κ2) is 10.3. The molecule has 0 aliphatic rings. The zero-order valence-electron chi connectivity index (χ0n) is 17.9. The van der Waals surface area contributed by atoms with Crippen LogP contribution in [0, 0.1) is 23.0 Å². The van der Waals surface area contributed by atoms with Gasteiger partial charge in [-0.1, -0.05) is 30.3 Å². The van der Waals surface area contributed by atoms with Crippen molar-refractivity contribution in [2.45, 2.75) is 13.5 Å². The number of nitrogens with one attached hydrogen (secondary N) is 1. The van der Waals surface area contributed by atoms with Gasteiger partial charge in [0.05, 0.1) is 12.8 Å². The molecule has 168 valence electrons. The van der Waals surface area contributed by atoms with E-state index >= 15 is 0 Å². The number of anilines is 1. The molecule has 0 aromatic heterocycles. The molecular weight excluding hydrogens is 430 g/mol. The first kappa shape index (κ1) is 23.3. The van der Waals surface area contributed by atoms with Gasteiger partial charge in [-0.15, -0.1) is 0 Å². The number of benzene rings is 3. The second-order valence-electron chi connectivity index (χ2n) is 6.97. The van der Waals surface area contributed by atoms with E-state index in [1.807, 2.05) is 0 Å². The molecule has 0 saturated heterocycles. The van der Waals surface area contributed by atoms with Crippen molar-refractivity contribution in [2.24, 2.45) is 0 Å². The van der Waals surface area contributed by atoms with Crippen molar-refractivity contribution in [2.75, 3.05) is 12.4 Å². The van der Waals surface area contributed by atoms with Crippen LogP contribution in [0.15, 0.2) is 72.0 Å². The number of carbonyl (C=O) groups excluding carboxylic acids is 1. The Morgan fingerprint density at radius 1 is 1.09 bits per heavy atom. The van der Waals surface area contributed by atoms with Crippen LogP contribution in [0.4, 0.5) is 14.5 Å². The molecule has 3 aromatic rings. The van der Waals surface area contributed by atoms with E-state index in [0.717, 1.165) is 6.07 Å². The van der Waals surface area contributed by atoms with Crippen LogP contribution in [0.5, 0.6) is 11.5 Å². The van der Waals surface area contributed by atoms with E-state index in [2.05, 4.69) is 5.32 Å². The number of allylic oxidation sites excluding steroid dienone is 1. The molecule has 33 heavy (non-hydrogen) atoms. The molecule has 3 aromatic carbocycles. The number of amides is 1. The molecule has 0 aliphatic heterocycles. The molecular formula is C25H20F2N2O4. The van der Waals surface area contributed by atoms with Crippen molar-refractivity contribution in [3.8, 4) is 28.7 Å². The van der Waals surface area contributed by atoms with Crippen LogP contribution in [0.3, 0.4) is 0 Å². The number of aliphatic hydroxyl groups is 1. The highest BCUT2D eigenvalue weighted by atomic mass is 19.1. The van der Waals surface area contributed by atoms with Crippen LogP contribution in [0.25, 0.3) is 11.1 Å². The van der Waals surface area contributed by atoms with Gasteiger partial charge in [0.15, 0.2) is 5.57 Å². The smallest absolute Gasteiger partial charge is 0.269 e. The number of rotatable bonds is 7. The molecule has 0 spiro atoms. The number of hydrogen-bond acceptors (Lipinski definition) is 5. The maximum atomic E-state index is 14.9. The molecule has 0 unspecified atom stereocenters. The number of ether oxygens (including phenoxy) is 2. The Hall–Kier alpha value is -4.38. The average Bonchev–Trinajstić information content (AvgIpc) is 2.80. The van der Waals surface area contributed by atoms with Crippen LogP contribution in [0.1, 0.15) is 12.5 Å². The SMILES string of the molecule is COc1cccc(-c2cc(F)c(NC(=O)/C(C#N)=C(/C)O)cc2OCc2ccccc2F)c1. The zero-order valence-corrected chi connectivity index (χ0v) is 17.9. The summed E-state index contributed by atoms with van der Waals surface area (Å²) in [5, 5.41) is 20.8. The van der Waals surface area contributed by atoms with Crippen molar-refractivity contribution in [1.29, 1.82) is 5.26 Å². The van der Waals surface area contributed by atoms with Crippen LogP contribution in [0.2, 0.25) is 0 Å². The molecule has 0 bridgehead atoms. The predicted octanol–water partition coefficient (Wildman–Crippen LogP) is 5.51. The van der Waals surface area contributed by atoms with E-state index in [-0.39, 0.29) is 23.6 Å². The molecule has 0 atom stereocenters. The normalized spacial score (nSPS) is 11.2. The Morgan fingerprint density at radius 2 is 1.85 bits per heavy atom. The minimum absolute atomic E-state index is 0.151. The van der Waals surface area contributed by atoms with Gasteiger partial charge >= 0.3 is 0 Å². The third kappa shape index (κ3) is 5.46. The van der Waals surface area contributed by atoms with Gasteiger partial charge in [-0.05, 0) is 36.8 Å². The van der Waals surface area contributed by atoms with Crippen LogP contribution < -0.4 is 14.8 Å². The lowest BCUT2D eigenvalue weighted by Crippen LogP contribution is -2.16. The Kier molecular flexibility index (Phi) is 7.26. The van der Waals surface area contributed by atoms with E-state index < -0.39 is 28.9 Å². The summed E-state index contributed by atoms with van der Waals surface area (Å²) in [5.41, 5.74) is 0.368. The average molecular weight is 450 g/mol. The van der Waals surface area contributed by atoms with Crippen molar-refractivity contribution in [1.82, 2.24) is 0 Å². The topological polar surface area (TPSA) is 91.6 Å². The zero-order chi connectivity index (χ0) is 24.0. The van der Waals surface area contributed by atoms with E-state index in [1.54, 1.807) is 48.5 Å². The quantitative estimate of drug-likeness (QED) is 0.281. The van der Waals surface area contributed by atoms with Gasteiger partial charge in [0.2, 0.25) is 0 Å². The molecule has 3 rings (SSSR count). The summed E-state index contributed by atoms with van der Waals surface area (Å²) in [5.74, 6) is -2.05. The van der Waals surface area contributed by atoms with Crippen molar-refractivity contribution >= 4 is 11.6 Å². The van der Waals surface area contributed by atoms with Gasteiger partial charge < -0.3 is 19.9 Å². The number of hydrogen-bond donors (Lipinski definition) is 2. The third-order valence-corrected chi connectivity index (χ3v) is 4.74. The van der Waals surface area contributed by atoms with Crippen molar-refractivity contribution < 1.29 is 28.2 Å². The molecule has 0 radical (unpaired) electrons. The fraction of sp³-hybridized carbons (Fsp3) is 0.120. The summed E-state index contributed by atoms with van der Waals surface area (Å²) in [6.45, 7) is 1.02. The standard InChI is InChI=1S/C25H20F2N2O4/c1-15(30)20(13-28)25(31)29-23-12-24(33-14-17-6-3-4-9-21(17)26)19(11-22(23)27)16-7-5-8-18(10-16)32-2/h3-12,30H,14H2,1-2H3,(H,29,31)/b20-15-. The number of halogens is 2. The largest absolute Gasteiger partial charge is 0.511 e. The Labute approximate surface area is 189 Å². The maximum absolute atomic E-state index is 14.9. The van der Waals surface area contributed by atoms with Gasteiger partial charge in [0.1, 0.15) is 41.6 Å². The summed E-state index contributed by atoms with van der Waals surface area (Å²) < 4.78 is 40.0. The second-order valence-corrected chi connectivity index (χ2v) is 6.97. The summed E-state index contributed by atoms with van der Waals surface area (Å²) in [6, 6.07) is 16.9. The van der Waals surface area contributed by atoms with Crippen LogP contribution in [-0.2, 0) is 11.4 Å². The summed E-state index contributed by atoms with van der Waals surface area (Å²) >= 11 is 0. The number of aliphatic hydroxyl groups excluding tert-OH is 1. The van der Waals surface area contributed by atoms with Crippen molar-refractivity contribution in [3.05, 3.63) is 89.2 Å². The molecule has 0 aliphatic carbocycles. The van der Waals surface area contributed by atoms with E-state index in [1.165, 1.54) is 26.2 Å². The van der Waals surface area contributed by atoms with Crippen molar-refractivity contribution in [3.63, 3.8) is 0 Å². The lowest BCUT2D eigenvalue weighted by Gasteiger charge is -2.16. The van der Waals surface area contributed by atoms with Gasteiger partial charge in [-0.3, -0.25) is 4.79 Å². The van der Waals surface area contributed by atoms with E-state index in [0.29, 0.717) is 16.9 Å². The first-order valence-corrected chi connectivity index (χ1v) is 9.79. The Balaban J connectivity index is 2.04. The Morgan fingerprint density at radius 3 is 2.52 bits per heavy atom. The minimum atomic E-state index is -0.981. The molecule has 2 N–H and O–H groups in total. The van der Waals surface area contributed by atoms with Gasteiger partial charge in [-0.2, -0.15) is 5.26 Å².